The molecule has 0 atom stereocenters. The van der Waals surface area contributed by atoms with Crippen molar-refractivity contribution in [3.8, 4) is 0 Å². The molecule has 0 fully saturated rings. The number of rotatable bonds is 5. The van der Waals surface area contributed by atoms with Crippen LogP contribution in [0.25, 0.3) is 17.0 Å². The highest BCUT2D eigenvalue weighted by Gasteiger charge is 2.21. The Kier molecular flexibility index (Phi) is 5.91. The second-order valence-corrected chi connectivity index (χ2v) is 8.68. The molecule has 0 aliphatic carbocycles. The highest BCUT2D eigenvalue weighted by molar-refractivity contribution is 5.90. The first-order valence-corrected chi connectivity index (χ1v) is 11.0. The van der Waals surface area contributed by atoms with Crippen LogP contribution >= 0.6 is 0 Å². The van der Waals surface area contributed by atoms with Gasteiger partial charge in [0.2, 0.25) is 0 Å². The molecule has 5 N–H and O–H groups in total. The summed E-state index contributed by atoms with van der Waals surface area (Å²) in [6, 6.07) is 20.8. The Labute approximate surface area is 190 Å². The molecule has 162 valence electrons. The number of nitrogens with two attached hydrogens (primary N) is 2. The number of aryl methyl sites for hydroxylation is 3. The van der Waals surface area contributed by atoms with Gasteiger partial charge in [0, 0.05) is 39.5 Å². The normalized spacial score (nSPS) is 12.3. The second kappa shape index (κ2) is 8.80. The van der Waals surface area contributed by atoms with Gasteiger partial charge in [0.05, 0.1) is 0 Å². The Morgan fingerprint density at radius 1 is 0.844 bits per heavy atom. The third-order valence-electron chi connectivity index (χ3n) is 6.13. The molecule has 4 rings (SSSR count). The van der Waals surface area contributed by atoms with Crippen LogP contribution in [-0.4, -0.2) is 4.98 Å². The van der Waals surface area contributed by atoms with Crippen molar-refractivity contribution in [3.05, 3.63) is 112 Å². The number of hydrogen-bond donors (Lipinski definition) is 3. The summed E-state index contributed by atoms with van der Waals surface area (Å²) in [6.45, 7) is 8.46. The zero-order chi connectivity index (χ0) is 22.8. The van der Waals surface area contributed by atoms with Gasteiger partial charge >= 0.3 is 0 Å². The van der Waals surface area contributed by atoms with E-state index in [4.69, 9.17) is 11.5 Å². The predicted molar refractivity (Wildman–Crippen MR) is 139 cm³/mol. The molecule has 1 heterocycles. The highest BCUT2D eigenvalue weighted by Crippen LogP contribution is 2.38. The van der Waals surface area contributed by atoms with Crippen molar-refractivity contribution in [3.63, 3.8) is 0 Å². The molecule has 0 aliphatic heterocycles. The minimum Gasteiger partial charge on any atom is -0.398 e. The summed E-state index contributed by atoms with van der Waals surface area (Å²) in [5.74, 6) is -0.0106. The van der Waals surface area contributed by atoms with Crippen LogP contribution < -0.4 is 11.5 Å². The number of aromatic nitrogens is 1. The number of fused-ring (bicyclic) bond motifs is 1. The molecule has 0 amide bonds. The second-order valence-electron chi connectivity index (χ2n) is 8.68. The first-order chi connectivity index (χ1) is 15.3. The van der Waals surface area contributed by atoms with Gasteiger partial charge in [-0.3, -0.25) is 0 Å². The van der Waals surface area contributed by atoms with Crippen LogP contribution in [0, 0.1) is 20.8 Å². The van der Waals surface area contributed by atoms with Crippen LogP contribution in [0.1, 0.15) is 46.4 Å². The van der Waals surface area contributed by atoms with Crippen LogP contribution in [0.2, 0.25) is 0 Å². The van der Waals surface area contributed by atoms with Gasteiger partial charge < -0.3 is 16.5 Å². The lowest BCUT2D eigenvalue weighted by Crippen LogP contribution is -2.09. The third-order valence-corrected chi connectivity index (χ3v) is 6.13. The van der Waals surface area contributed by atoms with E-state index in [-0.39, 0.29) is 5.92 Å². The van der Waals surface area contributed by atoms with E-state index in [2.05, 4.69) is 87.3 Å². The van der Waals surface area contributed by atoms with Gasteiger partial charge in [0.15, 0.2) is 0 Å². The lowest BCUT2D eigenvalue weighted by atomic mass is 9.82. The summed E-state index contributed by atoms with van der Waals surface area (Å²) in [5.41, 5.74) is 23.7. The molecular weight excluding hydrogens is 390 g/mol. The molecule has 1 aromatic heterocycles. The van der Waals surface area contributed by atoms with E-state index >= 15 is 0 Å². The molecule has 3 heteroatoms. The highest BCUT2D eigenvalue weighted by atomic mass is 14.7. The van der Waals surface area contributed by atoms with E-state index in [9.17, 15) is 0 Å². The number of nitrogen functional groups attached to an aromatic ring is 2. The van der Waals surface area contributed by atoms with Crippen molar-refractivity contribution in [1.29, 1.82) is 0 Å². The fraction of sp³-hybridized carbons (Fsp3) is 0.172. The van der Waals surface area contributed by atoms with Crippen molar-refractivity contribution in [1.82, 2.24) is 4.98 Å². The van der Waals surface area contributed by atoms with Crippen LogP contribution in [0.3, 0.4) is 0 Å². The first-order valence-electron chi connectivity index (χ1n) is 11.0. The molecule has 3 nitrogen and oxygen atoms in total. The Hall–Kier alpha value is -3.72. The lowest BCUT2D eigenvalue weighted by molar-refractivity contribution is 0.948. The zero-order valence-electron chi connectivity index (χ0n) is 19.2. The topological polar surface area (TPSA) is 67.8 Å². The molecule has 32 heavy (non-hydrogen) atoms. The average molecular weight is 422 g/mol. The number of benzene rings is 3. The van der Waals surface area contributed by atoms with Crippen LogP contribution in [0.15, 0.2) is 78.4 Å². The Morgan fingerprint density at radius 3 is 2.06 bits per heavy atom. The number of allylic oxidation sites excluding steroid dienone is 3. The molecule has 4 aromatic rings. The molecule has 0 bridgehead atoms. The maximum atomic E-state index is 6.45. The maximum absolute atomic E-state index is 6.45. The number of nitrogens with one attached hydrogen (secondary N) is 1. The zero-order valence-corrected chi connectivity index (χ0v) is 19.2. The number of H-pyrrole nitrogens is 1. The largest absolute Gasteiger partial charge is 0.398 e. The molecule has 0 saturated heterocycles. The monoisotopic (exact) mass is 421 g/mol. The maximum Gasteiger partial charge on any atom is 0.0462 e. The molecule has 0 unspecified atom stereocenters. The van der Waals surface area contributed by atoms with Crippen LogP contribution in [0.4, 0.5) is 11.4 Å². The Morgan fingerprint density at radius 2 is 1.44 bits per heavy atom. The summed E-state index contributed by atoms with van der Waals surface area (Å²) < 4.78 is 0. The fourth-order valence-electron chi connectivity index (χ4n) is 4.45. The van der Waals surface area contributed by atoms with Crippen molar-refractivity contribution < 1.29 is 0 Å². The van der Waals surface area contributed by atoms with E-state index in [1.54, 1.807) is 0 Å². The summed E-state index contributed by atoms with van der Waals surface area (Å²) in [5, 5.41) is 1.23. The predicted octanol–water partition coefficient (Wildman–Crippen LogP) is 7.05. The van der Waals surface area contributed by atoms with Crippen molar-refractivity contribution in [2.75, 3.05) is 11.5 Å². The summed E-state index contributed by atoms with van der Waals surface area (Å²) >= 11 is 0. The van der Waals surface area contributed by atoms with Crippen LogP contribution in [-0.2, 0) is 0 Å². The molecule has 0 aliphatic rings. The summed E-state index contributed by atoms with van der Waals surface area (Å²) in [6.07, 6.45) is 6.48. The number of anilines is 2. The van der Waals surface area contributed by atoms with Gasteiger partial charge in [-0.1, -0.05) is 77.4 Å². The van der Waals surface area contributed by atoms with E-state index in [1.165, 1.54) is 27.6 Å². The molecule has 0 spiro atoms. The van der Waals surface area contributed by atoms with Gasteiger partial charge in [0.25, 0.3) is 0 Å². The number of aromatic amines is 1. The van der Waals surface area contributed by atoms with Crippen molar-refractivity contribution in [2.45, 2.75) is 33.6 Å². The van der Waals surface area contributed by atoms with Gasteiger partial charge in [-0.2, -0.15) is 0 Å². The van der Waals surface area contributed by atoms with Crippen LogP contribution in [0.5, 0.6) is 0 Å². The summed E-state index contributed by atoms with van der Waals surface area (Å²) in [4.78, 5) is 3.46. The van der Waals surface area contributed by atoms with E-state index in [0.717, 1.165) is 33.7 Å². The third kappa shape index (κ3) is 4.19. The fourth-order valence-corrected chi connectivity index (χ4v) is 4.45. The SMILES string of the molecule is C/C(=C\C=C/c1c(C)[nH]c2ccccc12)C(c1cc(C)ccc1N)c1cc(C)ccc1N. The Balaban J connectivity index is 1.79. The molecule has 0 radical (unpaired) electrons. The number of hydrogen-bond acceptors (Lipinski definition) is 2. The number of para-hydroxylation sites is 1. The summed E-state index contributed by atoms with van der Waals surface area (Å²) in [7, 11) is 0. The lowest BCUT2D eigenvalue weighted by Gasteiger charge is -2.23. The van der Waals surface area contributed by atoms with Gasteiger partial charge in [-0.25, -0.2) is 0 Å². The minimum absolute atomic E-state index is 0.0106. The molecule has 3 aromatic carbocycles. The first kappa shape index (κ1) is 21.5. The standard InChI is InChI=1S/C29H31N3/c1-18-12-14-26(30)24(16-18)29(25-17-19(2)13-15-27(25)31)20(3)8-7-10-22-21(4)32-28-11-6-5-9-23(22)28/h5-17,29,32H,30-31H2,1-4H3/b10-7-,20-8+. The smallest absolute Gasteiger partial charge is 0.0462 e. The minimum atomic E-state index is -0.0106. The van der Waals surface area contributed by atoms with Gasteiger partial charge in [0.1, 0.15) is 0 Å². The van der Waals surface area contributed by atoms with Crippen molar-refractivity contribution in [2.24, 2.45) is 0 Å². The average Bonchev–Trinajstić information content (AvgIpc) is 3.08. The molecule has 0 saturated carbocycles. The molecular formula is C29H31N3. The van der Waals surface area contributed by atoms with Crippen molar-refractivity contribution >= 4 is 28.4 Å². The quantitative estimate of drug-likeness (QED) is 0.239. The van der Waals surface area contributed by atoms with E-state index < -0.39 is 0 Å². The Bertz CT molecular complexity index is 1290. The van der Waals surface area contributed by atoms with E-state index in [0.29, 0.717) is 0 Å². The van der Waals surface area contributed by atoms with E-state index in [1.807, 2.05) is 24.3 Å². The van der Waals surface area contributed by atoms with Gasteiger partial charge in [-0.05, 0) is 57.0 Å². The van der Waals surface area contributed by atoms with Gasteiger partial charge in [-0.15, -0.1) is 0 Å².